The molecule has 0 fully saturated rings. The normalized spacial score (nSPS) is 12.4. The third-order valence-electron chi connectivity index (χ3n) is 4.97. The zero-order chi connectivity index (χ0) is 27.8. The summed E-state index contributed by atoms with van der Waals surface area (Å²) >= 11 is 0. The van der Waals surface area contributed by atoms with Gasteiger partial charge in [-0.25, -0.2) is 4.79 Å². The highest BCUT2D eigenvalue weighted by Crippen LogP contribution is 2.30. The number of carbonyl (C=O) groups is 4. The topological polar surface area (TPSA) is 140 Å². The van der Waals surface area contributed by atoms with Gasteiger partial charge in [-0.05, 0) is 49.8 Å². The first-order chi connectivity index (χ1) is 17.5. The highest BCUT2D eigenvalue weighted by atomic mass is 16.7. The van der Waals surface area contributed by atoms with E-state index in [-0.39, 0.29) is 49.9 Å². The lowest BCUT2D eigenvalue weighted by molar-refractivity contribution is -0.152. The zero-order valence-electron chi connectivity index (χ0n) is 22.6. The van der Waals surface area contributed by atoms with Gasteiger partial charge in [-0.2, -0.15) is 0 Å². The van der Waals surface area contributed by atoms with Gasteiger partial charge in [0.15, 0.2) is 11.5 Å². The Bertz CT molecular complexity index is 885. The van der Waals surface area contributed by atoms with Crippen molar-refractivity contribution in [2.75, 3.05) is 13.2 Å². The van der Waals surface area contributed by atoms with Crippen molar-refractivity contribution in [3.63, 3.8) is 0 Å². The van der Waals surface area contributed by atoms with E-state index in [9.17, 15) is 19.2 Å². The molecule has 0 aromatic heterocycles. The van der Waals surface area contributed by atoms with Crippen molar-refractivity contribution in [1.82, 2.24) is 0 Å². The second kappa shape index (κ2) is 17.3. The number of unbranched alkanes of at least 4 members (excludes halogenated alkanes) is 2. The maximum Gasteiger partial charge on any atom is 0.508 e. The van der Waals surface area contributed by atoms with Crippen molar-refractivity contribution >= 4 is 24.1 Å². The maximum absolute atomic E-state index is 12.4. The third kappa shape index (κ3) is 13.7. The van der Waals surface area contributed by atoms with Crippen LogP contribution in [-0.2, 0) is 35.0 Å². The third-order valence-corrected chi connectivity index (χ3v) is 4.97. The lowest BCUT2D eigenvalue weighted by Crippen LogP contribution is -2.37. The van der Waals surface area contributed by atoms with Gasteiger partial charge in [-0.15, -0.1) is 0 Å². The highest BCUT2D eigenvalue weighted by molar-refractivity contribution is 5.77. The van der Waals surface area contributed by atoms with Crippen molar-refractivity contribution in [2.45, 2.75) is 91.7 Å². The monoisotopic (exact) mass is 523 g/mol. The van der Waals surface area contributed by atoms with Gasteiger partial charge in [-0.1, -0.05) is 46.6 Å². The Hall–Kier alpha value is -3.14. The summed E-state index contributed by atoms with van der Waals surface area (Å²) < 4.78 is 26.0. The van der Waals surface area contributed by atoms with Gasteiger partial charge in [0.25, 0.3) is 0 Å². The van der Waals surface area contributed by atoms with E-state index in [1.165, 1.54) is 12.1 Å². The maximum atomic E-state index is 12.4. The molecule has 0 spiro atoms. The van der Waals surface area contributed by atoms with Gasteiger partial charge < -0.3 is 29.4 Å². The molecular formula is C27H41NO9. The second-order valence-electron chi connectivity index (χ2n) is 9.26. The number of hydrogen-bond donors (Lipinski definition) is 1. The predicted molar refractivity (Wildman–Crippen MR) is 136 cm³/mol. The molecule has 0 aliphatic carbocycles. The minimum Gasteiger partial charge on any atom is -0.458 e. The number of ether oxygens (including phenoxy) is 5. The average molecular weight is 524 g/mol. The largest absolute Gasteiger partial charge is 0.508 e. The molecule has 1 rings (SSSR count). The summed E-state index contributed by atoms with van der Waals surface area (Å²) in [5, 5.41) is 0. The predicted octanol–water partition coefficient (Wildman–Crippen LogP) is 4.49. The Labute approximate surface area is 219 Å². The quantitative estimate of drug-likeness (QED) is 0.243. The van der Waals surface area contributed by atoms with Crippen LogP contribution in [0.2, 0.25) is 0 Å². The van der Waals surface area contributed by atoms with Crippen LogP contribution in [0.5, 0.6) is 11.5 Å². The number of carbonyl (C=O) groups excluding carboxylic acids is 4. The molecule has 2 atom stereocenters. The Morgan fingerprint density at radius 1 is 0.838 bits per heavy atom. The Balaban J connectivity index is 2.78. The molecule has 0 saturated carbocycles. The number of esters is 3. The van der Waals surface area contributed by atoms with E-state index in [1.807, 2.05) is 27.7 Å². The van der Waals surface area contributed by atoms with Crippen molar-refractivity contribution in [1.29, 1.82) is 0 Å². The SMILES string of the molecule is CCCCC(=O)Oc1ccc(C[C@H](N)C(=O)O[C@@H](C)COC(=O)OCC(C)C)cc1OC(=O)CCCC. The Morgan fingerprint density at radius 2 is 1.41 bits per heavy atom. The summed E-state index contributed by atoms with van der Waals surface area (Å²) in [4.78, 5) is 48.3. The van der Waals surface area contributed by atoms with E-state index in [1.54, 1.807) is 13.0 Å². The van der Waals surface area contributed by atoms with Crippen molar-refractivity contribution in [3.8, 4) is 11.5 Å². The van der Waals surface area contributed by atoms with E-state index in [0.29, 0.717) is 18.4 Å². The van der Waals surface area contributed by atoms with E-state index >= 15 is 0 Å². The van der Waals surface area contributed by atoms with Crippen LogP contribution in [0.4, 0.5) is 4.79 Å². The smallest absolute Gasteiger partial charge is 0.458 e. The number of nitrogens with two attached hydrogens (primary N) is 1. The average Bonchev–Trinajstić information content (AvgIpc) is 2.85. The van der Waals surface area contributed by atoms with Gasteiger partial charge in [-0.3, -0.25) is 14.4 Å². The van der Waals surface area contributed by atoms with E-state index < -0.39 is 36.2 Å². The number of rotatable bonds is 16. The molecule has 1 aromatic rings. The standard InChI is InChI=1S/C27H41NO9/c1-6-8-10-24(29)36-22-13-12-20(15-23(22)37-25(30)11-9-7-2)14-21(28)26(31)35-19(5)17-34-27(32)33-16-18(3)4/h12-13,15,18-19,21H,6-11,14,16-17,28H2,1-5H3/t19-,21-/m0/s1. The Kier molecular flexibility index (Phi) is 14.9. The van der Waals surface area contributed by atoms with Gasteiger partial charge >= 0.3 is 24.1 Å². The lowest BCUT2D eigenvalue weighted by Gasteiger charge is -2.18. The molecule has 0 heterocycles. The van der Waals surface area contributed by atoms with Gasteiger partial charge in [0.2, 0.25) is 0 Å². The highest BCUT2D eigenvalue weighted by Gasteiger charge is 2.21. The van der Waals surface area contributed by atoms with E-state index in [4.69, 9.17) is 29.4 Å². The molecule has 1 aromatic carbocycles. The summed E-state index contributed by atoms with van der Waals surface area (Å²) in [5.74, 6) is -1.18. The molecule has 10 nitrogen and oxygen atoms in total. The van der Waals surface area contributed by atoms with Crippen LogP contribution < -0.4 is 15.2 Å². The first-order valence-electron chi connectivity index (χ1n) is 12.9. The van der Waals surface area contributed by atoms with Crippen LogP contribution in [0.25, 0.3) is 0 Å². The second-order valence-corrected chi connectivity index (χ2v) is 9.26. The number of hydrogen-bond acceptors (Lipinski definition) is 10. The van der Waals surface area contributed by atoms with Gasteiger partial charge in [0.1, 0.15) is 18.8 Å². The summed E-state index contributed by atoms with van der Waals surface area (Å²) in [6, 6.07) is 3.64. The summed E-state index contributed by atoms with van der Waals surface area (Å²) in [5.41, 5.74) is 6.61. The van der Waals surface area contributed by atoms with E-state index in [0.717, 1.165) is 12.8 Å². The molecule has 0 aliphatic heterocycles. The molecular weight excluding hydrogens is 482 g/mol. The fraction of sp³-hybridized carbons (Fsp3) is 0.630. The van der Waals surface area contributed by atoms with Crippen LogP contribution >= 0.6 is 0 Å². The minimum absolute atomic E-state index is 0.0758. The fourth-order valence-electron chi connectivity index (χ4n) is 2.95. The van der Waals surface area contributed by atoms with Gasteiger partial charge in [0.05, 0.1) is 6.61 Å². The van der Waals surface area contributed by atoms with Gasteiger partial charge in [0, 0.05) is 12.8 Å². The summed E-state index contributed by atoms with van der Waals surface area (Å²) in [6.07, 6.45) is 1.99. The summed E-state index contributed by atoms with van der Waals surface area (Å²) in [6.45, 7) is 9.33. The molecule has 0 amide bonds. The lowest BCUT2D eigenvalue weighted by atomic mass is 10.1. The molecule has 0 aliphatic rings. The first-order valence-corrected chi connectivity index (χ1v) is 12.9. The van der Waals surface area contributed by atoms with Crippen LogP contribution in [-0.4, -0.2) is 49.4 Å². The zero-order valence-corrected chi connectivity index (χ0v) is 22.6. The van der Waals surface area contributed by atoms with Crippen molar-refractivity contribution in [3.05, 3.63) is 23.8 Å². The van der Waals surface area contributed by atoms with Crippen LogP contribution in [0.1, 0.15) is 78.7 Å². The molecule has 37 heavy (non-hydrogen) atoms. The van der Waals surface area contributed by atoms with Crippen molar-refractivity contribution < 1.29 is 42.9 Å². The molecule has 208 valence electrons. The summed E-state index contributed by atoms with van der Waals surface area (Å²) in [7, 11) is 0. The van der Waals surface area contributed by atoms with Crippen molar-refractivity contribution in [2.24, 2.45) is 11.7 Å². The van der Waals surface area contributed by atoms with E-state index in [2.05, 4.69) is 0 Å². The molecule has 0 bridgehead atoms. The molecule has 2 N–H and O–H groups in total. The fourth-order valence-corrected chi connectivity index (χ4v) is 2.95. The Morgan fingerprint density at radius 3 is 1.97 bits per heavy atom. The molecule has 0 unspecified atom stereocenters. The van der Waals surface area contributed by atoms with Crippen LogP contribution in [0.15, 0.2) is 18.2 Å². The minimum atomic E-state index is -1.03. The number of benzene rings is 1. The van der Waals surface area contributed by atoms with Crippen LogP contribution in [0, 0.1) is 5.92 Å². The molecule has 10 heteroatoms. The molecule has 0 radical (unpaired) electrons. The molecule has 0 saturated heterocycles. The first kappa shape index (κ1) is 31.9. The van der Waals surface area contributed by atoms with Crippen LogP contribution in [0.3, 0.4) is 0 Å².